The number of esters is 2. The molecule has 5 aromatic heterocycles. The van der Waals surface area contributed by atoms with Crippen LogP contribution < -0.4 is 41.7 Å². The highest BCUT2D eigenvalue weighted by Gasteiger charge is 2.28. The van der Waals surface area contributed by atoms with Crippen molar-refractivity contribution in [2.24, 2.45) is 0 Å². The van der Waals surface area contributed by atoms with Crippen LogP contribution in [0.3, 0.4) is 0 Å². The molecule has 0 spiro atoms. The van der Waals surface area contributed by atoms with E-state index in [1.54, 1.807) is 71.2 Å². The SMILES string of the molecule is C=CC(=O)OCc1ccc(Nc2nc(Nc3ccc(COC(=O)C=C)cc3)nc(C(C)(C)C)n2)cc1.CC(C)(C)c1nc(Nc2ccc(N3C(=O)C=CC3=O)cc2)nc(Nc2ccc(N3C(=O)C=CC3=O)cc2)n1.CC(C)(C)c1nc(Nc2nc3ccccc3s2)nc(Nc2nc3ccccc3s2)n1. The van der Waals surface area contributed by atoms with Crippen LogP contribution in [0.2, 0.25) is 0 Å². The summed E-state index contributed by atoms with van der Waals surface area (Å²) in [5, 5.41) is 20.7. The van der Waals surface area contributed by atoms with Crippen molar-refractivity contribution >= 4 is 159 Å². The Hall–Kier alpha value is -12.9. The Morgan fingerprint density at radius 1 is 0.375 bits per heavy atom. The molecule has 0 saturated carbocycles. The Morgan fingerprint density at radius 3 is 0.913 bits per heavy atom. The highest BCUT2D eigenvalue weighted by atomic mass is 32.1. The summed E-state index contributed by atoms with van der Waals surface area (Å²) in [5.74, 6) is 1.64. The lowest BCUT2D eigenvalue weighted by molar-refractivity contribution is -0.139. The first kappa shape index (κ1) is 72.4. The van der Waals surface area contributed by atoms with Crippen LogP contribution in [0.1, 0.15) is 90.9 Å². The molecule has 104 heavy (non-hydrogen) atoms. The first-order valence-electron chi connectivity index (χ1n) is 32.4. The maximum absolute atomic E-state index is 11.9. The van der Waals surface area contributed by atoms with Gasteiger partial charge in [0.25, 0.3) is 23.6 Å². The Kier molecular flexibility index (Phi) is 21.8. The molecule has 27 nitrogen and oxygen atoms in total. The Labute approximate surface area is 605 Å². The molecule has 29 heteroatoms. The minimum absolute atomic E-state index is 0.161. The van der Waals surface area contributed by atoms with Gasteiger partial charge in [-0.15, -0.1) is 0 Å². The molecule has 0 radical (unpaired) electrons. The van der Waals surface area contributed by atoms with Crippen LogP contribution in [0.4, 0.5) is 80.1 Å². The molecule has 7 heterocycles. The molecule has 0 saturated heterocycles. The second kappa shape index (κ2) is 31.3. The number of anilines is 14. The van der Waals surface area contributed by atoms with Crippen molar-refractivity contribution in [2.45, 2.75) is 91.8 Å². The van der Waals surface area contributed by atoms with Gasteiger partial charge in [-0.25, -0.2) is 29.4 Å². The van der Waals surface area contributed by atoms with Gasteiger partial charge in [0.2, 0.25) is 35.7 Å². The smallest absolute Gasteiger partial charge is 0.330 e. The normalized spacial score (nSPS) is 12.7. The lowest BCUT2D eigenvalue weighted by atomic mass is 9.96. The average molecular weight is 1430 g/mol. The van der Waals surface area contributed by atoms with Crippen LogP contribution in [-0.2, 0) is 67.7 Å². The van der Waals surface area contributed by atoms with Gasteiger partial charge in [0.05, 0.1) is 31.8 Å². The van der Waals surface area contributed by atoms with E-state index in [9.17, 15) is 28.8 Å². The standard InChI is InChI=1S/C27H23N7O4.C27H29N5O4.C21H19N7S2/c1-27(2,3)24-30-25(28-16-4-8-18(9-5-16)33-20(35)12-13-21(33)36)32-26(31-24)29-17-6-10-19(11-7-17)34-22(37)14-15-23(34)38;1-6-22(33)35-16-18-8-12-20(13-9-18)28-25-30-24(27(3,4)5)31-26(32-25)29-21-14-10-19(11-15-21)17-36-23(34)7-2;1-21(2,3)16-24-17(27-19-22-12-8-4-6-10-14(12)29-19)26-18(25-16)28-20-23-13-9-5-7-11-15(13)30-20/h4-15H,1-3H3,(H2,28,29,30,31,32);6-15H,1-2,16-17H2,3-5H3,(H2,28,29,30,31,32);4-11H,1-3H3,(H2,22,23,24,25,26,27,28). The number of ether oxygens (including phenoxy) is 2. The van der Waals surface area contributed by atoms with Gasteiger partial charge in [0, 0.05) is 75.5 Å². The predicted octanol–water partition coefficient (Wildman–Crippen LogP) is 14.5. The predicted molar refractivity (Wildman–Crippen MR) is 404 cm³/mol. The molecule has 6 aromatic carbocycles. The number of imide groups is 2. The minimum atomic E-state index is -0.470. The number of rotatable bonds is 20. The fourth-order valence-electron chi connectivity index (χ4n) is 9.52. The maximum atomic E-state index is 11.9. The topological polar surface area (TPSA) is 341 Å². The van der Waals surface area contributed by atoms with E-state index in [2.05, 4.69) is 121 Å². The zero-order chi connectivity index (χ0) is 73.9. The van der Waals surface area contributed by atoms with Crippen LogP contribution in [0.25, 0.3) is 20.4 Å². The van der Waals surface area contributed by atoms with E-state index in [4.69, 9.17) is 9.47 Å². The Bertz CT molecular complexity index is 4730. The van der Waals surface area contributed by atoms with Gasteiger partial charge in [-0.3, -0.25) is 29.8 Å². The molecule has 6 N–H and O–H groups in total. The summed E-state index contributed by atoms with van der Waals surface area (Å²) in [6.45, 7) is 25.3. The first-order chi connectivity index (χ1) is 49.7. The zero-order valence-electron chi connectivity index (χ0n) is 58.0. The van der Waals surface area contributed by atoms with Crippen molar-refractivity contribution in [2.75, 3.05) is 41.7 Å². The third-order valence-electron chi connectivity index (χ3n) is 14.8. The molecule has 13 rings (SSSR count). The number of nitrogens with zero attached hydrogens (tertiary/aromatic N) is 13. The zero-order valence-corrected chi connectivity index (χ0v) is 59.7. The fourth-order valence-corrected chi connectivity index (χ4v) is 11.2. The molecule has 4 amide bonds. The average Bonchev–Trinajstić information content (AvgIpc) is 1.36. The largest absolute Gasteiger partial charge is 0.458 e. The second-order valence-corrected chi connectivity index (χ2v) is 28.3. The molecule has 0 unspecified atom stereocenters. The number of carbonyl (C=O) groups is 6. The van der Waals surface area contributed by atoms with Gasteiger partial charge in [-0.05, 0) is 108 Å². The van der Waals surface area contributed by atoms with Crippen molar-refractivity contribution < 1.29 is 38.2 Å². The Morgan fingerprint density at radius 2 is 0.644 bits per heavy atom. The van der Waals surface area contributed by atoms with Crippen molar-refractivity contribution in [1.82, 2.24) is 54.8 Å². The lowest BCUT2D eigenvalue weighted by Gasteiger charge is -2.19. The summed E-state index contributed by atoms with van der Waals surface area (Å²) in [7, 11) is 0. The van der Waals surface area contributed by atoms with Crippen LogP contribution in [-0.4, -0.2) is 90.4 Å². The molecule has 0 bridgehead atoms. The lowest BCUT2D eigenvalue weighted by Crippen LogP contribution is -2.29. The first-order valence-corrected chi connectivity index (χ1v) is 34.0. The summed E-state index contributed by atoms with van der Waals surface area (Å²) >= 11 is 3.13. The number of aromatic nitrogens is 11. The number of benzene rings is 6. The summed E-state index contributed by atoms with van der Waals surface area (Å²) in [4.78, 5) is 123. The van der Waals surface area contributed by atoms with Crippen molar-refractivity contribution in [3.63, 3.8) is 0 Å². The van der Waals surface area contributed by atoms with Gasteiger partial charge < -0.3 is 30.7 Å². The number of carbonyl (C=O) groups excluding carboxylic acids is 6. The van der Waals surface area contributed by atoms with E-state index >= 15 is 0 Å². The molecule has 11 aromatic rings. The van der Waals surface area contributed by atoms with Gasteiger partial charge in [0.15, 0.2) is 10.3 Å². The third-order valence-corrected chi connectivity index (χ3v) is 16.7. The van der Waals surface area contributed by atoms with Gasteiger partial charge in [-0.1, -0.05) is 147 Å². The van der Waals surface area contributed by atoms with Crippen LogP contribution >= 0.6 is 22.7 Å². The number of hydrogen-bond acceptors (Lipinski definition) is 27. The molecular weight excluding hydrogens is 1360 g/mol. The molecule has 2 aliphatic rings. The van der Waals surface area contributed by atoms with Crippen molar-refractivity contribution in [3.8, 4) is 0 Å². The highest BCUT2D eigenvalue weighted by Crippen LogP contribution is 2.33. The molecule has 0 atom stereocenters. The minimum Gasteiger partial charge on any atom is -0.458 e. The van der Waals surface area contributed by atoms with Crippen LogP contribution in [0.15, 0.2) is 195 Å². The quantitative estimate of drug-likeness (QED) is 0.0234. The van der Waals surface area contributed by atoms with E-state index in [0.29, 0.717) is 75.9 Å². The van der Waals surface area contributed by atoms with Crippen LogP contribution in [0.5, 0.6) is 0 Å². The third kappa shape index (κ3) is 18.9. The van der Waals surface area contributed by atoms with Gasteiger partial charge in [0.1, 0.15) is 30.7 Å². The van der Waals surface area contributed by atoms with Crippen molar-refractivity contribution in [1.29, 1.82) is 0 Å². The maximum Gasteiger partial charge on any atom is 0.330 e. The van der Waals surface area contributed by atoms with E-state index < -0.39 is 11.9 Å². The monoisotopic (exact) mass is 1430 g/mol. The fraction of sp³-hybridized carbons (Fsp3) is 0.187. The molecule has 0 fully saturated rings. The molecule has 2 aliphatic heterocycles. The second-order valence-electron chi connectivity index (χ2n) is 26.2. The van der Waals surface area contributed by atoms with E-state index in [1.807, 2.05) is 139 Å². The number of nitrogens with one attached hydrogen (secondary N) is 6. The molecule has 526 valence electrons. The number of thiazole rings is 2. The van der Waals surface area contributed by atoms with Crippen LogP contribution in [0, 0.1) is 0 Å². The number of para-hydroxylation sites is 2. The molecular formula is C75H71N19O8S2. The highest BCUT2D eigenvalue weighted by molar-refractivity contribution is 7.22. The Balaban J connectivity index is 0.000000157. The summed E-state index contributed by atoms with van der Waals surface area (Å²) in [5.41, 5.74) is 6.39. The molecule has 0 aliphatic carbocycles. The summed E-state index contributed by atoms with van der Waals surface area (Å²) < 4.78 is 12.3. The van der Waals surface area contributed by atoms with Crippen molar-refractivity contribution in [3.05, 3.63) is 224 Å². The summed E-state index contributed by atoms with van der Waals surface area (Å²) in [6.07, 6.45) is 7.20. The van der Waals surface area contributed by atoms with Gasteiger partial charge >= 0.3 is 11.9 Å². The van der Waals surface area contributed by atoms with Gasteiger partial charge in [-0.2, -0.15) is 44.9 Å². The number of amides is 4. The number of fused-ring (bicyclic) bond motifs is 2. The van der Waals surface area contributed by atoms with E-state index in [-0.39, 0.29) is 53.1 Å². The number of hydrogen-bond donors (Lipinski definition) is 6. The van der Waals surface area contributed by atoms with E-state index in [0.717, 1.165) is 75.1 Å². The van der Waals surface area contributed by atoms with E-state index in [1.165, 1.54) is 24.3 Å². The summed E-state index contributed by atoms with van der Waals surface area (Å²) in [6, 6.07) is 44.3.